The molecule has 2 saturated heterocycles. The number of morpholine rings is 1. The molecule has 3 aromatic rings. The number of amides is 1. The maximum atomic E-state index is 16.0. The number of aromatic amines is 1. The number of alkyl halides is 3. The Morgan fingerprint density at radius 3 is 2.37 bits per heavy atom. The molecular formula is C34H40F4N8O3. The van der Waals surface area contributed by atoms with E-state index in [1.165, 1.54) is 12.1 Å². The topological polar surface area (TPSA) is 110 Å². The molecule has 2 aromatic heterocycles. The van der Waals surface area contributed by atoms with Gasteiger partial charge in [0.1, 0.15) is 5.82 Å². The first kappa shape index (κ1) is 34.5. The van der Waals surface area contributed by atoms with Crippen LogP contribution < -0.4 is 20.7 Å². The van der Waals surface area contributed by atoms with Crippen LogP contribution in [0.3, 0.4) is 0 Å². The normalized spacial score (nSPS) is 21.1. The van der Waals surface area contributed by atoms with E-state index < -0.39 is 34.6 Å². The van der Waals surface area contributed by atoms with Crippen molar-refractivity contribution in [2.24, 2.45) is 0 Å². The smallest absolute Gasteiger partial charge is 0.379 e. The van der Waals surface area contributed by atoms with Crippen molar-refractivity contribution in [1.29, 1.82) is 0 Å². The third kappa shape index (κ3) is 7.78. The first-order chi connectivity index (χ1) is 23.4. The second-order valence-corrected chi connectivity index (χ2v) is 12.9. The van der Waals surface area contributed by atoms with Crippen molar-refractivity contribution in [3.8, 4) is 0 Å². The van der Waals surface area contributed by atoms with Gasteiger partial charge in [0.05, 0.1) is 35.7 Å². The molecule has 11 nitrogen and oxygen atoms in total. The Bertz CT molecular complexity index is 1750. The van der Waals surface area contributed by atoms with Gasteiger partial charge in [-0.05, 0) is 45.0 Å². The van der Waals surface area contributed by atoms with Gasteiger partial charge in [0.15, 0.2) is 0 Å². The molecule has 49 heavy (non-hydrogen) atoms. The van der Waals surface area contributed by atoms with E-state index >= 15 is 4.39 Å². The van der Waals surface area contributed by atoms with Crippen molar-refractivity contribution in [2.45, 2.75) is 45.1 Å². The average molecular weight is 685 g/mol. The summed E-state index contributed by atoms with van der Waals surface area (Å²) < 4.78 is 62.9. The Balaban J connectivity index is 1.27. The lowest BCUT2D eigenvalue weighted by Crippen LogP contribution is -2.55. The standard InChI is InChI=1S/C34H40F4N8O3/c1-21-18-46(19-22(2)43(21)3)30-14-28(35)25(12-29(30)42-32(48)26-17-39-31(47)13-27(26)34(36,37)38)24-4-6-45(7-5-24)33-40-15-23(16-41-33)20-44-8-10-49-11-9-44/h4,12-17,21-22H,5-11,18-20H2,1-3H3,(H,39,47)(H,42,48). The molecule has 0 radical (unpaired) electrons. The van der Waals surface area contributed by atoms with Crippen molar-refractivity contribution in [1.82, 2.24) is 24.8 Å². The number of hydrogen-bond donors (Lipinski definition) is 2. The molecule has 2 unspecified atom stereocenters. The molecule has 262 valence electrons. The fourth-order valence-corrected chi connectivity index (χ4v) is 6.56. The minimum Gasteiger partial charge on any atom is -0.379 e. The number of nitrogens with zero attached hydrogens (tertiary/aromatic N) is 6. The van der Waals surface area contributed by atoms with E-state index in [0.29, 0.717) is 69.1 Å². The summed E-state index contributed by atoms with van der Waals surface area (Å²) in [6.07, 6.45) is 1.77. The highest BCUT2D eigenvalue weighted by Crippen LogP contribution is 2.37. The van der Waals surface area contributed by atoms with Crippen LogP contribution in [0.4, 0.5) is 34.9 Å². The van der Waals surface area contributed by atoms with Crippen LogP contribution in [0.2, 0.25) is 0 Å². The minimum atomic E-state index is -4.94. The maximum absolute atomic E-state index is 16.0. The Morgan fingerprint density at radius 1 is 1.04 bits per heavy atom. The third-order valence-electron chi connectivity index (χ3n) is 9.55. The summed E-state index contributed by atoms with van der Waals surface area (Å²) in [5, 5.41) is 2.62. The molecule has 6 rings (SSSR count). The molecular weight excluding hydrogens is 644 g/mol. The minimum absolute atomic E-state index is 0.0914. The summed E-state index contributed by atoms with van der Waals surface area (Å²) in [4.78, 5) is 44.8. The zero-order chi connectivity index (χ0) is 34.9. The second-order valence-electron chi connectivity index (χ2n) is 12.9. The van der Waals surface area contributed by atoms with E-state index in [2.05, 4.69) is 30.1 Å². The number of anilines is 3. The third-order valence-corrected chi connectivity index (χ3v) is 9.55. The quantitative estimate of drug-likeness (QED) is 0.354. The van der Waals surface area contributed by atoms with E-state index in [1.807, 2.05) is 49.2 Å². The largest absolute Gasteiger partial charge is 0.417 e. The summed E-state index contributed by atoms with van der Waals surface area (Å²) in [5.74, 6) is -1.02. The summed E-state index contributed by atoms with van der Waals surface area (Å²) in [7, 11) is 2.00. The number of carbonyl (C=O) groups excluding carboxylic acids is 1. The molecule has 3 aliphatic heterocycles. The summed E-state index contributed by atoms with van der Waals surface area (Å²) >= 11 is 0. The van der Waals surface area contributed by atoms with Gasteiger partial charge in [-0.3, -0.25) is 19.4 Å². The number of carbonyl (C=O) groups is 1. The highest BCUT2D eigenvalue weighted by molar-refractivity contribution is 6.07. The van der Waals surface area contributed by atoms with Crippen LogP contribution in [0.1, 0.15) is 47.3 Å². The Kier molecular flexibility index (Phi) is 10.0. The van der Waals surface area contributed by atoms with Crippen LogP contribution in [0, 0.1) is 5.82 Å². The van der Waals surface area contributed by atoms with Crippen molar-refractivity contribution in [2.75, 3.05) is 74.6 Å². The van der Waals surface area contributed by atoms with Crippen LogP contribution >= 0.6 is 0 Å². The highest BCUT2D eigenvalue weighted by atomic mass is 19.4. The van der Waals surface area contributed by atoms with Crippen LogP contribution in [0.25, 0.3) is 5.57 Å². The number of likely N-dealkylation sites (N-methyl/N-ethyl adjacent to an activating group) is 1. The molecule has 2 fully saturated rings. The molecule has 2 atom stereocenters. The van der Waals surface area contributed by atoms with Crippen LogP contribution in [0.15, 0.2) is 47.7 Å². The zero-order valence-corrected chi connectivity index (χ0v) is 27.7. The lowest BCUT2D eigenvalue weighted by molar-refractivity contribution is -0.138. The van der Waals surface area contributed by atoms with Crippen molar-refractivity contribution < 1.29 is 27.1 Å². The number of H-pyrrole nitrogens is 1. The number of hydrogen-bond acceptors (Lipinski definition) is 9. The first-order valence-electron chi connectivity index (χ1n) is 16.3. The molecule has 0 aliphatic carbocycles. The first-order valence-corrected chi connectivity index (χ1v) is 16.3. The van der Waals surface area contributed by atoms with Gasteiger partial charge < -0.3 is 24.8 Å². The number of aromatic nitrogens is 3. The van der Waals surface area contributed by atoms with Gasteiger partial charge in [-0.1, -0.05) is 6.08 Å². The van der Waals surface area contributed by atoms with E-state index in [-0.39, 0.29) is 23.3 Å². The lowest BCUT2D eigenvalue weighted by Gasteiger charge is -2.44. The molecule has 0 spiro atoms. The second kappa shape index (κ2) is 14.3. The van der Waals surface area contributed by atoms with Gasteiger partial charge in [-0.2, -0.15) is 13.2 Å². The van der Waals surface area contributed by atoms with Gasteiger partial charge in [-0.15, -0.1) is 0 Å². The number of benzene rings is 1. The number of nitrogens with one attached hydrogen (secondary N) is 2. The van der Waals surface area contributed by atoms with E-state index in [1.54, 1.807) is 0 Å². The van der Waals surface area contributed by atoms with E-state index in [4.69, 9.17) is 4.74 Å². The molecule has 1 aromatic carbocycles. The SMILES string of the molecule is CC1CN(c2cc(F)c(C3=CCN(c4ncc(CN5CCOCC5)cn4)CC3)cc2NC(=O)c2c[nH]c(=O)cc2C(F)(F)F)CC(C)N1C. The van der Waals surface area contributed by atoms with Crippen LogP contribution in [0.5, 0.6) is 0 Å². The Hall–Kier alpha value is -4.34. The molecule has 15 heteroatoms. The highest BCUT2D eigenvalue weighted by Gasteiger charge is 2.36. The van der Waals surface area contributed by atoms with Gasteiger partial charge in [0, 0.05) is 93.7 Å². The number of rotatable bonds is 7. The van der Waals surface area contributed by atoms with Gasteiger partial charge in [-0.25, -0.2) is 14.4 Å². The molecule has 0 saturated carbocycles. The van der Waals surface area contributed by atoms with E-state index in [9.17, 15) is 22.8 Å². The van der Waals surface area contributed by atoms with Crippen molar-refractivity contribution >= 4 is 28.8 Å². The average Bonchev–Trinajstić information content (AvgIpc) is 3.08. The maximum Gasteiger partial charge on any atom is 0.417 e. The number of piperazine rings is 1. The zero-order valence-electron chi connectivity index (χ0n) is 27.7. The monoisotopic (exact) mass is 684 g/mol. The van der Waals surface area contributed by atoms with E-state index in [0.717, 1.165) is 31.4 Å². The van der Waals surface area contributed by atoms with Gasteiger partial charge in [0.2, 0.25) is 11.5 Å². The number of halogens is 4. The van der Waals surface area contributed by atoms with Crippen LogP contribution in [-0.2, 0) is 17.5 Å². The summed E-state index contributed by atoms with van der Waals surface area (Å²) in [5.41, 5.74) is -0.604. The predicted octanol–water partition coefficient (Wildman–Crippen LogP) is 4.23. The van der Waals surface area contributed by atoms with Crippen molar-refractivity contribution in [3.63, 3.8) is 0 Å². The molecule has 5 heterocycles. The van der Waals surface area contributed by atoms with Crippen LogP contribution in [-0.4, -0.2) is 102 Å². The Morgan fingerprint density at radius 2 is 1.73 bits per heavy atom. The summed E-state index contributed by atoms with van der Waals surface area (Å²) in [6.45, 7) is 9.89. The van der Waals surface area contributed by atoms with Gasteiger partial charge >= 0.3 is 6.18 Å². The predicted molar refractivity (Wildman–Crippen MR) is 178 cm³/mol. The fraction of sp³-hybridized carbons (Fsp3) is 0.471. The number of ether oxygens (including phenoxy) is 1. The lowest BCUT2D eigenvalue weighted by atomic mass is 9.97. The van der Waals surface area contributed by atoms with Crippen molar-refractivity contribution in [3.05, 3.63) is 81.3 Å². The molecule has 3 aliphatic rings. The number of pyridine rings is 1. The molecule has 2 N–H and O–H groups in total. The summed E-state index contributed by atoms with van der Waals surface area (Å²) in [6, 6.07) is 3.38. The van der Waals surface area contributed by atoms with Gasteiger partial charge in [0.25, 0.3) is 5.91 Å². The fourth-order valence-electron chi connectivity index (χ4n) is 6.56. The Labute approximate surface area is 281 Å². The molecule has 1 amide bonds. The molecule has 0 bridgehead atoms.